The SMILES string of the molecule is CCc1ccc(C(=O)COC(=O)c2ccc3c(c2)C(=O)N(c2ccc(NC(C)=O)cc2)C3=O)cc1. The van der Waals surface area contributed by atoms with Crippen LogP contribution < -0.4 is 10.2 Å². The number of ketones is 1. The first-order valence-corrected chi connectivity index (χ1v) is 11.0. The Hall–Kier alpha value is -4.59. The van der Waals surface area contributed by atoms with Crippen molar-refractivity contribution in [2.24, 2.45) is 0 Å². The lowest BCUT2D eigenvalue weighted by Gasteiger charge is -2.14. The lowest BCUT2D eigenvalue weighted by atomic mass is 10.1. The van der Waals surface area contributed by atoms with E-state index in [-0.39, 0.29) is 28.4 Å². The van der Waals surface area contributed by atoms with Crippen molar-refractivity contribution in [3.8, 4) is 0 Å². The van der Waals surface area contributed by atoms with Crippen molar-refractivity contribution in [3.63, 3.8) is 0 Å². The predicted octanol–water partition coefficient (Wildman–Crippen LogP) is 4.05. The van der Waals surface area contributed by atoms with Gasteiger partial charge in [-0.1, -0.05) is 31.2 Å². The fourth-order valence-corrected chi connectivity index (χ4v) is 3.72. The van der Waals surface area contributed by atoms with Crippen LogP contribution in [0.3, 0.4) is 0 Å². The number of benzene rings is 3. The van der Waals surface area contributed by atoms with Gasteiger partial charge in [0.1, 0.15) is 0 Å². The van der Waals surface area contributed by atoms with Crippen LogP contribution in [0.15, 0.2) is 66.7 Å². The molecule has 1 aliphatic heterocycles. The number of imide groups is 1. The second kappa shape index (κ2) is 9.72. The highest BCUT2D eigenvalue weighted by Gasteiger charge is 2.37. The average molecular weight is 470 g/mol. The number of fused-ring (bicyclic) bond motifs is 1. The lowest BCUT2D eigenvalue weighted by molar-refractivity contribution is -0.114. The number of aryl methyl sites for hydroxylation is 1. The molecule has 0 aromatic heterocycles. The van der Waals surface area contributed by atoms with E-state index in [0.717, 1.165) is 16.9 Å². The quantitative estimate of drug-likeness (QED) is 0.317. The molecule has 0 saturated carbocycles. The number of ether oxygens (including phenoxy) is 1. The summed E-state index contributed by atoms with van der Waals surface area (Å²) in [5.41, 5.74) is 2.66. The van der Waals surface area contributed by atoms with Crippen LogP contribution in [0, 0.1) is 0 Å². The Kier molecular flexibility index (Phi) is 6.55. The molecule has 8 heteroatoms. The molecule has 1 aliphatic rings. The van der Waals surface area contributed by atoms with Crippen LogP contribution in [-0.4, -0.2) is 36.1 Å². The summed E-state index contributed by atoms with van der Waals surface area (Å²) in [5, 5.41) is 2.61. The number of esters is 1. The minimum atomic E-state index is -0.773. The number of nitrogens with zero attached hydrogens (tertiary/aromatic N) is 1. The number of carbonyl (C=O) groups is 5. The number of rotatable bonds is 7. The number of Topliss-reactive ketones (excluding diaryl/α,β-unsaturated/α-hetero) is 1. The maximum Gasteiger partial charge on any atom is 0.338 e. The third-order valence-corrected chi connectivity index (χ3v) is 5.59. The van der Waals surface area contributed by atoms with E-state index in [4.69, 9.17) is 4.74 Å². The first-order chi connectivity index (χ1) is 16.8. The fraction of sp³-hybridized carbons (Fsp3) is 0.148. The van der Waals surface area contributed by atoms with Crippen LogP contribution in [0.1, 0.15) is 60.8 Å². The summed E-state index contributed by atoms with van der Waals surface area (Å²) in [4.78, 5) is 62.9. The van der Waals surface area contributed by atoms with Crippen LogP contribution in [0.5, 0.6) is 0 Å². The van der Waals surface area contributed by atoms with E-state index in [9.17, 15) is 24.0 Å². The standard InChI is InChI=1S/C27H22N2O6/c1-3-17-4-6-18(7-5-17)24(31)15-35-27(34)19-8-13-22-23(14-19)26(33)29(25(22)32)21-11-9-20(10-12-21)28-16(2)30/h4-14H,3,15H2,1-2H3,(H,28,30). The van der Waals surface area contributed by atoms with Gasteiger partial charge in [0.2, 0.25) is 5.91 Å². The topological polar surface area (TPSA) is 110 Å². The van der Waals surface area contributed by atoms with E-state index in [2.05, 4.69) is 5.32 Å². The van der Waals surface area contributed by atoms with Crippen molar-refractivity contribution in [2.75, 3.05) is 16.8 Å². The third kappa shape index (κ3) is 4.86. The normalized spacial score (nSPS) is 12.3. The lowest BCUT2D eigenvalue weighted by Crippen LogP contribution is -2.29. The zero-order valence-corrected chi connectivity index (χ0v) is 19.2. The second-order valence-electron chi connectivity index (χ2n) is 7.98. The van der Waals surface area contributed by atoms with Gasteiger partial charge < -0.3 is 10.1 Å². The minimum Gasteiger partial charge on any atom is -0.454 e. The van der Waals surface area contributed by atoms with Gasteiger partial charge in [0.05, 0.1) is 22.4 Å². The predicted molar refractivity (Wildman–Crippen MR) is 129 cm³/mol. The molecule has 0 bridgehead atoms. The molecule has 4 rings (SSSR count). The van der Waals surface area contributed by atoms with Gasteiger partial charge in [0, 0.05) is 18.2 Å². The van der Waals surface area contributed by atoms with Crippen molar-refractivity contribution < 1.29 is 28.7 Å². The number of anilines is 2. The van der Waals surface area contributed by atoms with Gasteiger partial charge in [0.15, 0.2) is 12.4 Å². The third-order valence-electron chi connectivity index (χ3n) is 5.59. The molecule has 0 saturated heterocycles. The van der Waals surface area contributed by atoms with Gasteiger partial charge in [-0.05, 0) is 54.4 Å². The van der Waals surface area contributed by atoms with E-state index < -0.39 is 24.4 Å². The summed E-state index contributed by atoms with van der Waals surface area (Å²) in [5.74, 6) is -2.47. The van der Waals surface area contributed by atoms with Crippen molar-refractivity contribution in [1.82, 2.24) is 0 Å². The van der Waals surface area contributed by atoms with Gasteiger partial charge >= 0.3 is 5.97 Å². The maximum absolute atomic E-state index is 13.0. The van der Waals surface area contributed by atoms with Crippen LogP contribution in [0.25, 0.3) is 0 Å². The molecule has 0 atom stereocenters. The summed E-state index contributed by atoms with van der Waals surface area (Å²) in [6.45, 7) is 2.94. The largest absolute Gasteiger partial charge is 0.454 e. The first-order valence-electron chi connectivity index (χ1n) is 11.0. The molecule has 3 amide bonds. The summed E-state index contributed by atoms with van der Waals surface area (Å²) >= 11 is 0. The van der Waals surface area contributed by atoms with Gasteiger partial charge in [0.25, 0.3) is 11.8 Å². The minimum absolute atomic E-state index is 0.0573. The maximum atomic E-state index is 13.0. The number of hydrogen-bond donors (Lipinski definition) is 1. The molecule has 8 nitrogen and oxygen atoms in total. The van der Waals surface area contributed by atoms with Crippen molar-refractivity contribution in [1.29, 1.82) is 0 Å². The van der Waals surface area contributed by atoms with E-state index in [1.54, 1.807) is 36.4 Å². The van der Waals surface area contributed by atoms with E-state index in [0.29, 0.717) is 16.9 Å². The monoisotopic (exact) mass is 470 g/mol. The van der Waals surface area contributed by atoms with Gasteiger partial charge in [-0.2, -0.15) is 0 Å². The molecule has 0 radical (unpaired) electrons. The first kappa shape index (κ1) is 23.6. The molecule has 3 aromatic carbocycles. The fourth-order valence-electron chi connectivity index (χ4n) is 3.72. The summed E-state index contributed by atoms with van der Waals surface area (Å²) in [6.07, 6.45) is 0.850. The molecular weight excluding hydrogens is 448 g/mol. The molecule has 0 unspecified atom stereocenters. The van der Waals surface area contributed by atoms with Crippen LogP contribution in [-0.2, 0) is 16.0 Å². The van der Waals surface area contributed by atoms with E-state index in [1.165, 1.54) is 25.1 Å². The molecule has 0 fully saturated rings. The van der Waals surface area contributed by atoms with Crippen molar-refractivity contribution in [3.05, 3.63) is 94.5 Å². The molecule has 1 heterocycles. The Morgan fingerprint density at radius 2 is 1.46 bits per heavy atom. The molecule has 0 spiro atoms. The molecule has 176 valence electrons. The Bertz CT molecular complexity index is 1340. The number of carbonyl (C=O) groups excluding carboxylic acids is 5. The molecule has 3 aromatic rings. The Morgan fingerprint density at radius 3 is 2.09 bits per heavy atom. The van der Waals surface area contributed by atoms with Gasteiger partial charge in [-0.25, -0.2) is 9.69 Å². The van der Waals surface area contributed by atoms with Gasteiger partial charge in [-0.3, -0.25) is 19.2 Å². The highest BCUT2D eigenvalue weighted by Crippen LogP contribution is 2.30. The Morgan fingerprint density at radius 1 is 0.829 bits per heavy atom. The Balaban J connectivity index is 1.46. The zero-order chi connectivity index (χ0) is 25.1. The number of amides is 3. The molecule has 35 heavy (non-hydrogen) atoms. The van der Waals surface area contributed by atoms with E-state index >= 15 is 0 Å². The van der Waals surface area contributed by atoms with Gasteiger partial charge in [-0.15, -0.1) is 0 Å². The molecule has 1 N–H and O–H groups in total. The number of hydrogen-bond acceptors (Lipinski definition) is 6. The highest BCUT2D eigenvalue weighted by atomic mass is 16.5. The van der Waals surface area contributed by atoms with Crippen LogP contribution in [0.4, 0.5) is 11.4 Å². The van der Waals surface area contributed by atoms with Crippen molar-refractivity contribution in [2.45, 2.75) is 20.3 Å². The summed E-state index contributed by atoms with van der Waals surface area (Å²) < 4.78 is 5.15. The number of nitrogens with one attached hydrogen (secondary N) is 1. The van der Waals surface area contributed by atoms with E-state index in [1.807, 2.05) is 19.1 Å². The smallest absolute Gasteiger partial charge is 0.338 e. The summed E-state index contributed by atoms with van der Waals surface area (Å²) in [6, 6.07) is 17.4. The van der Waals surface area contributed by atoms with Crippen molar-refractivity contribution >= 4 is 40.8 Å². The molecular formula is C27H22N2O6. The Labute approximate surface area is 201 Å². The molecule has 0 aliphatic carbocycles. The van der Waals surface area contributed by atoms with Crippen LogP contribution in [0.2, 0.25) is 0 Å². The highest BCUT2D eigenvalue weighted by molar-refractivity contribution is 6.34. The van der Waals surface area contributed by atoms with Crippen LogP contribution >= 0.6 is 0 Å². The average Bonchev–Trinajstić information content (AvgIpc) is 3.11. The zero-order valence-electron chi connectivity index (χ0n) is 19.2. The second-order valence-corrected chi connectivity index (χ2v) is 7.98. The summed E-state index contributed by atoms with van der Waals surface area (Å²) in [7, 11) is 0.